The second-order valence-corrected chi connectivity index (χ2v) is 10.5. The molecule has 0 aliphatic carbocycles. The average molecular weight is 576 g/mol. The molecule has 0 bridgehead atoms. The van der Waals surface area contributed by atoms with E-state index in [0.29, 0.717) is 55.7 Å². The highest BCUT2D eigenvalue weighted by Gasteiger charge is 2.39. The minimum Gasteiger partial charge on any atom is -0.308 e. The van der Waals surface area contributed by atoms with Crippen LogP contribution in [0.15, 0.2) is 72.8 Å². The number of aromatic nitrogens is 2. The second-order valence-electron chi connectivity index (χ2n) is 10.5. The van der Waals surface area contributed by atoms with Gasteiger partial charge in [0.2, 0.25) is 0 Å². The molecular weight excluding hydrogens is 564 g/mol. The fourth-order valence-corrected chi connectivity index (χ4v) is 7.10. The molecule has 42 heavy (non-hydrogen) atoms. The Morgan fingerprint density at radius 3 is 1.17 bits per heavy atom. The van der Waals surface area contributed by atoms with Crippen LogP contribution in [0, 0.1) is 11.6 Å². The topological polar surface area (TPSA) is 8.82 Å². The number of fused-ring (bicyclic) bond motifs is 14. The average Bonchev–Trinajstić information content (AvgIpc) is 3.64. The van der Waals surface area contributed by atoms with E-state index in [2.05, 4.69) is 0 Å². The van der Waals surface area contributed by atoms with Crippen molar-refractivity contribution in [3.05, 3.63) is 95.6 Å². The number of hydrogen-bond donors (Lipinski definition) is 0. The van der Waals surface area contributed by atoms with Crippen LogP contribution in [0.2, 0.25) is 0 Å². The molecule has 206 valence electrons. The van der Waals surface area contributed by atoms with Crippen LogP contribution in [0.3, 0.4) is 0 Å². The maximum absolute atomic E-state index is 16.1. The molecule has 2 nitrogen and oxygen atoms in total. The van der Waals surface area contributed by atoms with Crippen LogP contribution >= 0.6 is 0 Å². The molecule has 0 radical (unpaired) electrons. The Kier molecular flexibility index (Phi) is 4.04. The van der Waals surface area contributed by atoms with E-state index in [1.165, 1.54) is 12.1 Å². The first-order chi connectivity index (χ1) is 20.0. The first-order valence-corrected chi connectivity index (χ1v) is 12.8. The largest absolute Gasteiger partial charge is 0.419 e. The molecule has 0 spiro atoms. The monoisotopic (exact) mass is 576 g/mol. The number of alkyl halides is 6. The maximum Gasteiger partial charge on any atom is 0.419 e. The summed E-state index contributed by atoms with van der Waals surface area (Å²) in [5, 5.41) is 1.68. The lowest BCUT2D eigenvalue weighted by atomic mass is 9.96. The van der Waals surface area contributed by atoms with Gasteiger partial charge in [-0.25, -0.2) is 8.78 Å². The van der Waals surface area contributed by atoms with Gasteiger partial charge in [-0.05, 0) is 36.4 Å². The Bertz CT molecular complexity index is 2430. The van der Waals surface area contributed by atoms with Crippen LogP contribution in [0.5, 0.6) is 0 Å². The van der Waals surface area contributed by atoms with Gasteiger partial charge in [-0.15, -0.1) is 0 Å². The van der Waals surface area contributed by atoms with E-state index in [-0.39, 0.29) is 32.6 Å². The lowest BCUT2D eigenvalue weighted by molar-refractivity contribution is -0.140. The smallest absolute Gasteiger partial charge is 0.308 e. The molecule has 10 heteroatoms. The quantitative estimate of drug-likeness (QED) is 0.159. The molecule has 4 aromatic heterocycles. The van der Waals surface area contributed by atoms with E-state index in [0.717, 1.165) is 0 Å². The van der Waals surface area contributed by atoms with Gasteiger partial charge < -0.3 is 8.80 Å². The van der Waals surface area contributed by atoms with Crippen molar-refractivity contribution in [2.45, 2.75) is 12.4 Å². The number of para-hydroxylation sites is 2. The molecule has 5 aromatic carbocycles. The van der Waals surface area contributed by atoms with Gasteiger partial charge in [-0.3, -0.25) is 0 Å². The van der Waals surface area contributed by atoms with Crippen molar-refractivity contribution in [2.24, 2.45) is 0 Å². The van der Waals surface area contributed by atoms with Crippen molar-refractivity contribution < 1.29 is 35.1 Å². The van der Waals surface area contributed by atoms with Gasteiger partial charge in [-0.1, -0.05) is 36.4 Å². The molecule has 9 aromatic rings. The Hall–Kier alpha value is -4.86. The van der Waals surface area contributed by atoms with Gasteiger partial charge in [0.1, 0.15) is 11.6 Å². The van der Waals surface area contributed by atoms with E-state index in [4.69, 9.17) is 0 Å². The van der Waals surface area contributed by atoms with E-state index in [9.17, 15) is 26.3 Å². The Morgan fingerprint density at radius 1 is 0.405 bits per heavy atom. The summed E-state index contributed by atoms with van der Waals surface area (Å²) in [5.41, 5.74) is -0.864. The number of halogens is 8. The maximum atomic E-state index is 16.1. The zero-order chi connectivity index (χ0) is 29.0. The molecule has 9 rings (SSSR count). The summed E-state index contributed by atoms with van der Waals surface area (Å²) in [7, 11) is 0. The molecule has 0 saturated heterocycles. The van der Waals surface area contributed by atoms with Crippen LogP contribution in [0.4, 0.5) is 35.1 Å². The number of benzene rings is 5. The third-order valence-electron chi connectivity index (χ3n) is 8.56. The Labute approximate surface area is 228 Å². The van der Waals surface area contributed by atoms with Crippen LogP contribution in [-0.2, 0) is 12.4 Å². The van der Waals surface area contributed by atoms with Gasteiger partial charge >= 0.3 is 12.4 Å². The van der Waals surface area contributed by atoms with Crippen molar-refractivity contribution in [2.75, 3.05) is 0 Å². The highest BCUT2D eigenvalue weighted by molar-refractivity contribution is 6.45. The summed E-state index contributed by atoms with van der Waals surface area (Å²) in [6.45, 7) is 0. The summed E-state index contributed by atoms with van der Waals surface area (Å²) in [5.74, 6) is -2.88. The molecule has 0 aliphatic rings. The molecular formula is C32H12F8N2. The lowest BCUT2D eigenvalue weighted by Crippen LogP contribution is -2.08. The van der Waals surface area contributed by atoms with Crippen LogP contribution in [0.25, 0.3) is 76.2 Å². The molecule has 0 fully saturated rings. The van der Waals surface area contributed by atoms with Crippen LogP contribution in [-0.4, -0.2) is 8.80 Å². The zero-order valence-corrected chi connectivity index (χ0v) is 20.8. The first-order valence-electron chi connectivity index (χ1n) is 12.8. The van der Waals surface area contributed by atoms with E-state index in [1.54, 1.807) is 57.3 Å². The van der Waals surface area contributed by atoms with E-state index in [1.807, 2.05) is 0 Å². The fourth-order valence-electron chi connectivity index (χ4n) is 7.10. The molecule has 4 heterocycles. The molecule has 0 unspecified atom stereocenters. The third-order valence-corrected chi connectivity index (χ3v) is 8.56. The van der Waals surface area contributed by atoms with E-state index < -0.39 is 35.1 Å². The predicted molar refractivity (Wildman–Crippen MR) is 146 cm³/mol. The zero-order valence-electron chi connectivity index (χ0n) is 20.8. The van der Waals surface area contributed by atoms with Crippen molar-refractivity contribution in [1.29, 1.82) is 0 Å². The second kappa shape index (κ2) is 7.13. The van der Waals surface area contributed by atoms with Crippen molar-refractivity contribution in [1.82, 2.24) is 8.80 Å². The summed E-state index contributed by atoms with van der Waals surface area (Å²) >= 11 is 0. The van der Waals surface area contributed by atoms with Gasteiger partial charge in [0, 0.05) is 43.1 Å². The van der Waals surface area contributed by atoms with Gasteiger partial charge in [0.25, 0.3) is 0 Å². The number of rotatable bonds is 0. The Balaban J connectivity index is 1.73. The van der Waals surface area contributed by atoms with Crippen LogP contribution in [0.1, 0.15) is 11.1 Å². The first kappa shape index (κ1) is 23.8. The fraction of sp³-hybridized carbons (Fsp3) is 0.0625. The van der Waals surface area contributed by atoms with Gasteiger partial charge in [-0.2, -0.15) is 26.3 Å². The van der Waals surface area contributed by atoms with Crippen molar-refractivity contribution >= 4 is 76.2 Å². The third kappa shape index (κ3) is 2.53. The van der Waals surface area contributed by atoms with Crippen molar-refractivity contribution in [3.8, 4) is 0 Å². The lowest BCUT2D eigenvalue weighted by Gasteiger charge is -2.10. The minimum atomic E-state index is -4.97. The van der Waals surface area contributed by atoms with Gasteiger partial charge in [0.05, 0.1) is 44.2 Å². The molecule has 0 saturated carbocycles. The molecule has 0 atom stereocenters. The molecule has 0 amide bonds. The van der Waals surface area contributed by atoms with Crippen molar-refractivity contribution in [3.63, 3.8) is 0 Å². The summed E-state index contributed by atoms with van der Waals surface area (Å²) in [6, 6.07) is 17.5. The summed E-state index contributed by atoms with van der Waals surface area (Å²) in [6.07, 6.45) is -9.93. The van der Waals surface area contributed by atoms with Crippen LogP contribution < -0.4 is 0 Å². The number of nitrogens with zero attached hydrogens (tertiary/aromatic N) is 2. The van der Waals surface area contributed by atoms with E-state index >= 15 is 8.78 Å². The van der Waals surface area contributed by atoms with Gasteiger partial charge in [0.15, 0.2) is 0 Å². The minimum absolute atomic E-state index is 0.169. The normalized spacial score (nSPS) is 13.7. The summed E-state index contributed by atoms with van der Waals surface area (Å²) < 4.78 is 119. The highest BCUT2D eigenvalue weighted by Crippen LogP contribution is 2.53. The Morgan fingerprint density at radius 2 is 0.786 bits per heavy atom. The predicted octanol–water partition coefficient (Wildman–Crippen LogP) is 10.3. The summed E-state index contributed by atoms with van der Waals surface area (Å²) in [4.78, 5) is 0. The molecule has 0 aliphatic heterocycles. The number of hydrogen-bond acceptors (Lipinski definition) is 0. The highest BCUT2D eigenvalue weighted by atomic mass is 19.4. The standard InChI is InChI=1S/C32H12F8N2/c33-27-15(31(35,36)37)10-12-20-23(27)25-21-13-5-1-3-7-17(13)41-19-11-9-16(32(38,39)40)28(34)24(19)26(29(21)41)22-14-6-2-4-8-18(14)42(20)30(22)25/h1-12H. The molecule has 0 N–H and O–H groups in total. The SMILES string of the molecule is Fc1c(C(F)(F)F)ccc2c1c1c3c4ccccc4n4c5ccc(C(F)(F)F)c(F)c5c(c5c6ccccc6n2c51)c34.